The van der Waals surface area contributed by atoms with Gasteiger partial charge in [0.2, 0.25) is 0 Å². The molecule has 0 spiro atoms. The minimum atomic E-state index is -0.504. The van der Waals surface area contributed by atoms with Crippen molar-refractivity contribution in [3.63, 3.8) is 0 Å². The largest absolute Gasteiger partial charge is 0.389 e. The zero-order valence-corrected chi connectivity index (χ0v) is 11.8. The molecule has 1 rings (SSSR count). The lowest BCUT2D eigenvalue weighted by Crippen LogP contribution is -2.32. The van der Waals surface area contributed by atoms with E-state index < -0.39 is 6.10 Å². The van der Waals surface area contributed by atoms with Gasteiger partial charge in [-0.15, -0.1) is 0 Å². The Bertz CT molecular complexity index is 423. The summed E-state index contributed by atoms with van der Waals surface area (Å²) in [6, 6.07) is 5.86. The van der Waals surface area contributed by atoms with Crippen molar-refractivity contribution < 1.29 is 9.84 Å². The normalized spacial score (nSPS) is 12.2. The van der Waals surface area contributed by atoms with Gasteiger partial charge in [-0.2, -0.15) is 0 Å². The van der Waals surface area contributed by atoms with Crippen molar-refractivity contribution in [3.05, 3.63) is 29.3 Å². The van der Waals surface area contributed by atoms with Gasteiger partial charge in [-0.05, 0) is 30.7 Å². The van der Waals surface area contributed by atoms with Crippen molar-refractivity contribution in [3.8, 4) is 0 Å². The molecule has 5 heteroatoms. The second-order valence-electron chi connectivity index (χ2n) is 4.35. The maximum Gasteiger partial charge on any atom is 0.104 e. The van der Waals surface area contributed by atoms with Gasteiger partial charge in [-0.25, -0.2) is 0 Å². The van der Waals surface area contributed by atoms with Crippen molar-refractivity contribution in [2.24, 2.45) is 5.73 Å². The van der Waals surface area contributed by atoms with E-state index in [1.54, 1.807) is 7.11 Å². The van der Waals surface area contributed by atoms with Crippen LogP contribution < -0.4 is 10.6 Å². The Hall–Kier alpha value is -1.17. The average molecular weight is 268 g/mol. The van der Waals surface area contributed by atoms with E-state index in [0.29, 0.717) is 18.1 Å². The van der Waals surface area contributed by atoms with Crippen LogP contribution in [0.25, 0.3) is 0 Å². The summed E-state index contributed by atoms with van der Waals surface area (Å²) >= 11 is 4.97. The smallest absolute Gasteiger partial charge is 0.104 e. The van der Waals surface area contributed by atoms with Gasteiger partial charge < -0.3 is 20.5 Å². The molecule has 18 heavy (non-hydrogen) atoms. The number of anilines is 1. The summed E-state index contributed by atoms with van der Waals surface area (Å²) in [5.41, 5.74) is 8.56. The second kappa shape index (κ2) is 6.68. The summed E-state index contributed by atoms with van der Waals surface area (Å²) < 4.78 is 4.90. The van der Waals surface area contributed by atoms with Crippen LogP contribution in [0.5, 0.6) is 0 Å². The number of aryl methyl sites for hydroxylation is 1. The van der Waals surface area contributed by atoms with Crippen molar-refractivity contribution in [1.29, 1.82) is 0 Å². The zero-order valence-electron chi connectivity index (χ0n) is 11.0. The van der Waals surface area contributed by atoms with Crippen LogP contribution >= 0.6 is 12.2 Å². The van der Waals surface area contributed by atoms with E-state index in [0.717, 1.165) is 16.8 Å². The molecule has 0 bridgehead atoms. The van der Waals surface area contributed by atoms with Crippen LogP contribution in [0.2, 0.25) is 0 Å². The summed E-state index contributed by atoms with van der Waals surface area (Å²) in [5, 5.41) is 9.69. The summed E-state index contributed by atoms with van der Waals surface area (Å²) in [4.78, 5) is 2.38. The first-order valence-corrected chi connectivity index (χ1v) is 6.15. The number of hydrogen-bond donors (Lipinski definition) is 2. The second-order valence-corrected chi connectivity index (χ2v) is 4.79. The van der Waals surface area contributed by atoms with Crippen molar-refractivity contribution >= 4 is 22.9 Å². The topological polar surface area (TPSA) is 58.7 Å². The minimum Gasteiger partial charge on any atom is -0.389 e. The Morgan fingerprint density at radius 3 is 2.72 bits per heavy atom. The standard InChI is InChI=1S/C13H20N2O2S/c1-9-6-10(4-5-12(9)13(14)18)15(2)7-11(16)8-17-3/h4-6,11,16H,7-8H2,1-3H3,(H2,14,18). The molecule has 0 radical (unpaired) electrons. The van der Waals surface area contributed by atoms with Crippen molar-refractivity contribution in [2.45, 2.75) is 13.0 Å². The first-order valence-electron chi connectivity index (χ1n) is 5.74. The lowest BCUT2D eigenvalue weighted by Gasteiger charge is -2.23. The van der Waals surface area contributed by atoms with E-state index in [1.165, 1.54) is 0 Å². The predicted octanol–water partition coefficient (Wildman–Crippen LogP) is 1.07. The maximum absolute atomic E-state index is 9.69. The maximum atomic E-state index is 9.69. The first kappa shape index (κ1) is 14.9. The number of thiocarbonyl (C=S) groups is 1. The fourth-order valence-electron chi connectivity index (χ4n) is 1.83. The molecule has 1 unspecified atom stereocenters. The number of aliphatic hydroxyl groups is 1. The molecule has 0 saturated heterocycles. The molecule has 1 atom stereocenters. The average Bonchev–Trinajstić information content (AvgIpc) is 2.28. The SMILES string of the molecule is COCC(O)CN(C)c1ccc(C(N)=S)c(C)c1. The van der Waals surface area contributed by atoms with Crippen LogP contribution in [0.4, 0.5) is 5.69 Å². The van der Waals surface area contributed by atoms with E-state index in [-0.39, 0.29) is 0 Å². The number of aliphatic hydroxyl groups excluding tert-OH is 1. The quantitative estimate of drug-likeness (QED) is 0.756. The van der Waals surface area contributed by atoms with E-state index >= 15 is 0 Å². The number of ether oxygens (including phenoxy) is 1. The number of methoxy groups -OCH3 is 1. The molecular weight excluding hydrogens is 248 g/mol. The van der Waals surface area contributed by atoms with Crippen molar-refractivity contribution in [2.75, 3.05) is 32.2 Å². The van der Waals surface area contributed by atoms with Crippen LogP contribution in [0.3, 0.4) is 0 Å². The molecule has 0 fully saturated rings. The summed E-state index contributed by atoms with van der Waals surface area (Å²) in [6.45, 7) is 2.81. The van der Waals surface area contributed by atoms with E-state index in [9.17, 15) is 5.11 Å². The van der Waals surface area contributed by atoms with Gasteiger partial charge in [0.15, 0.2) is 0 Å². The third kappa shape index (κ3) is 3.94. The molecule has 0 amide bonds. The highest BCUT2D eigenvalue weighted by Crippen LogP contribution is 2.18. The molecule has 4 nitrogen and oxygen atoms in total. The molecule has 0 aliphatic rings. The van der Waals surface area contributed by atoms with Crippen LogP contribution in [0.15, 0.2) is 18.2 Å². The van der Waals surface area contributed by atoms with Crippen LogP contribution in [-0.2, 0) is 4.74 Å². The number of rotatable bonds is 6. The number of benzene rings is 1. The molecular formula is C13H20N2O2S. The van der Waals surface area contributed by atoms with E-state index in [4.69, 9.17) is 22.7 Å². The van der Waals surface area contributed by atoms with Gasteiger partial charge in [-0.1, -0.05) is 12.2 Å². The lowest BCUT2D eigenvalue weighted by molar-refractivity contribution is 0.0695. The predicted molar refractivity (Wildman–Crippen MR) is 78.2 cm³/mol. The number of nitrogens with two attached hydrogens (primary N) is 1. The molecule has 1 aromatic carbocycles. The first-order chi connectivity index (χ1) is 8.45. The van der Waals surface area contributed by atoms with Crippen molar-refractivity contribution in [1.82, 2.24) is 0 Å². The molecule has 3 N–H and O–H groups in total. The van der Waals surface area contributed by atoms with Gasteiger partial charge in [0.25, 0.3) is 0 Å². The Balaban J connectivity index is 2.78. The third-order valence-electron chi connectivity index (χ3n) is 2.76. The van der Waals surface area contributed by atoms with Crippen LogP contribution in [0, 0.1) is 6.92 Å². The molecule has 0 aliphatic heterocycles. The van der Waals surface area contributed by atoms with E-state index in [2.05, 4.69) is 0 Å². The van der Waals surface area contributed by atoms with Crippen LogP contribution in [-0.4, -0.2) is 43.5 Å². The van der Waals surface area contributed by atoms with Gasteiger partial charge in [0, 0.05) is 32.0 Å². The molecule has 0 heterocycles. The summed E-state index contributed by atoms with van der Waals surface area (Å²) in [7, 11) is 3.50. The minimum absolute atomic E-state index is 0.328. The molecule has 0 aromatic heterocycles. The Morgan fingerprint density at radius 1 is 1.56 bits per heavy atom. The lowest BCUT2D eigenvalue weighted by atomic mass is 10.1. The molecule has 100 valence electrons. The molecule has 0 aliphatic carbocycles. The Morgan fingerprint density at radius 2 is 2.22 bits per heavy atom. The zero-order chi connectivity index (χ0) is 13.7. The molecule has 1 aromatic rings. The number of hydrogen-bond acceptors (Lipinski definition) is 4. The van der Waals surface area contributed by atoms with E-state index in [1.807, 2.05) is 37.1 Å². The van der Waals surface area contributed by atoms with Crippen LogP contribution in [0.1, 0.15) is 11.1 Å². The fourth-order valence-corrected chi connectivity index (χ4v) is 2.06. The number of likely N-dealkylation sites (N-methyl/N-ethyl adjacent to an activating group) is 1. The van der Waals surface area contributed by atoms with Gasteiger partial charge in [0.05, 0.1) is 12.7 Å². The third-order valence-corrected chi connectivity index (χ3v) is 2.98. The fraction of sp³-hybridized carbons (Fsp3) is 0.462. The molecule has 0 saturated carbocycles. The van der Waals surface area contributed by atoms with Gasteiger partial charge in [-0.3, -0.25) is 0 Å². The summed E-state index contributed by atoms with van der Waals surface area (Å²) in [5.74, 6) is 0. The highest BCUT2D eigenvalue weighted by atomic mass is 32.1. The highest BCUT2D eigenvalue weighted by molar-refractivity contribution is 7.80. The summed E-state index contributed by atoms with van der Waals surface area (Å²) in [6.07, 6.45) is -0.504. The van der Waals surface area contributed by atoms with Gasteiger partial charge >= 0.3 is 0 Å². The van der Waals surface area contributed by atoms with Gasteiger partial charge in [0.1, 0.15) is 4.99 Å². The highest BCUT2D eigenvalue weighted by Gasteiger charge is 2.10. The Kier molecular flexibility index (Phi) is 5.53. The number of nitrogens with zero attached hydrogens (tertiary/aromatic N) is 1. The monoisotopic (exact) mass is 268 g/mol. The Labute approximate surface area is 113 Å².